The van der Waals surface area contributed by atoms with Crippen LogP contribution in [0, 0.1) is 21.4 Å². The van der Waals surface area contributed by atoms with Gasteiger partial charge in [-0.25, -0.2) is 0 Å². The highest BCUT2D eigenvalue weighted by molar-refractivity contribution is 5.60. The maximum absolute atomic E-state index is 10.8. The summed E-state index contributed by atoms with van der Waals surface area (Å²) in [5, 5.41) is 30.1. The Morgan fingerprint density at radius 1 is 1.55 bits per heavy atom. The largest absolute Gasteiger partial charge is 0.388 e. The third kappa shape index (κ3) is 2.58. The van der Waals surface area contributed by atoms with Crippen molar-refractivity contribution in [2.24, 2.45) is 0 Å². The summed E-state index contributed by atoms with van der Waals surface area (Å²) >= 11 is 0. The number of hydrogen-bond donors (Lipinski definition) is 1. The summed E-state index contributed by atoms with van der Waals surface area (Å²) < 4.78 is 0. The minimum absolute atomic E-state index is 0.0458. The lowest BCUT2D eigenvalue weighted by atomic mass is 9.96. The number of anilines is 1. The van der Waals surface area contributed by atoms with Crippen molar-refractivity contribution >= 4 is 11.4 Å². The zero-order valence-corrected chi connectivity index (χ0v) is 11.5. The van der Waals surface area contributed by atoms with Crippen molar-refractivity contribution in [2.45, 2.75) is 38.3 Å². The van der Waals surface area contributed by atoms with E-state index in [1.54, 1.807) is 19.9 Å². The second-order valence-electron chi connectivity index (χ2n) is 5.58. The zero-order chi connectivity index (χ0) is 14.9. The molecule has 0 radical (unpaired) electrons. The van der Waals surface area contributed by atoms with Crippen LogP contribution in [-0.4, -0.2) is 28.2 Å². The Morgan fingerprint density at radius 2 is 2.25 bits per heavy atom. The van der Waals surface area contributed by atoms with Crippen molar-refractivity contribution < 1.29 is 10.0 Å². The molecule has 0 saturated carbocycles. The average molecular weight is 275 g/mol. The Bertz CT molecular complexity index is 572. The van der Waals surface area contributed by atoms with Crippen molar-refractivity contribution in [3.05, 3.63) is 33.9 Å². The van der Waals surface area contributed by atoms with Gasteiger partial charge in [0.1, 0.15) is 11.6 Å². The quantitative estimate of drug-likeness (QED) is 0.674. The number of nitro groups is 1. The van der Waals surface area contributed by atoms with Gasteiger partial charge in [-0.05, 0) is 38.8 Å². The molecule has 1 aliphatic rings. The summed E-state index contributed by atoms with van der Waals surface area (Å²) in [6.07, 6.45) is 1.82. The van der Waals surface area contributed by atoms with Gasteiger partial charge in [0.05, 0.1) is 16.6 Å². The summed E-state index contributed by atoms with van der Waals surface area (Å²) in [5.74, 6) is 0. The molecule has 0 aliphatic carbocycles. The molecule has 0 amide bonds. The molecule has 1 atom stereocenters. The van der Waals surface area contributed by atoms with Crippen molar-refractivity contribution in [3.63, 3.8) is 0 Å². The minimum Gasteiger partial charge on any atom is -0.388 e. The Balaban J connectivity index is 2.39. The van der Waals surface area contributed by atoms with Gasteiger partial charge >= 0.3 is 0 Å². The lowest BCUT2D eigenvalue weighted by Crippen LogP contribution is -2.45. The van der Waals surface area contributed by atoms with Gasteiger partial charge in [-0.15, -0.1) is 0 Å². The van der Waals surface area contributed by atoms with Gasteiger partial charge in [-0.2, -0.15) is 5.26 Å². The van der Waals surface area contributed by atoms with E-state index in [0.29, 0.717) is 0 Å². The van der Waals surface area contributed by atoms with Crippen LogP contribution in [0.2, 0.25) is 0 Å². The third-order valence-corrected chi connectivity index (χ3v) is 3.70. The molecule has 1 heterocycles. The Labute approximate surface area is 117 Å². The van der Waals surface area contributed by atoms with E-state index >= 15 is 0 Å². The highest BCUT2D eigenvalue weighted by Gasteiger charge is 2.36. The summed E-state index contributed by atoms with van der Waals surface area (Å²) in [7, 11) is 0. The van der Waals surface area contributed by atoms with Crippen LogP contribution in [0.3, 0.4) is 0 Å². The van der Waals surface area contributed by atoms with Crippen LogP contribution in [0.25, 0.3) is 0 Å². The van der Waals surface area contributed by atoms with Gasteiger partial charge < -0.3 is 10.0 Å². The standard InChI is InChI=1S/C14H17N3O3/c1-14(2,18)13-4-3-7-16(13)11-5-6-12(17(19)20)10(8-11)9-15/h5-6,8,13,18H,3-4,7H2,1-2H3/t13-/m1/s1. The van der Waals surface area contributed by atoms with E-state index in [0.717, 1.165) is 25.1 Å². The molecule has 20 heavy (non-hydrogen) atoms. The van der Waals surface area contributed by atoms with E-state index in [-0.39, 0.29) is 17.3 Å². The van der Waals surface area contributed by atoms with Crippen LogP contribution >= 0.6 is 0 Å². The van der Waals surface area contributed by atoms with E-state index in [2.05, 4.69) is 0 Å². The zero-order valence-electron chi connectivity index (χ0n) is 11.5. The molecule has 6 heteroatoms. The van der Waals surface area contributed by atoms with Gasteiger partial charge in [0.2, 0.25) is 0 Å². The first-order chi connectivity index (χ1) is 9.34. The lowest BCUT2D eigenvalue weighted by Gasteiger charge is -2.35. The van der Waals surface area contributed by atoms with E-state index < -0.39 is 10.5 Å². The van der Waals surface area contributed by atoms with Crippen LogP contribution in [0.5, 0.6) is 0 Å². The highest BCUT2D eigenvalue weighted by Crippen LogP contribution is 2.33. The van der Waals surface area contributed by atoms with Crippen molar-refractivity contribution in [1.29, 1.82) is 5.26 Å². The maximum Gasteiger partial charge on any atom is 0.287 e. The Morgan fingerprint density at radius 3 is 2.80 bits per heavy atom. The summed E-state index contributed by atoms with van der Waals surface area (Å²) in [4.78, 5) is 12.3. The molecule has 1 aromatic carbocycles. The molecule has 0 spiro atoms. The first kappa shape index (κ1) is 14.3. The molecule has 1 N–H and O–H groups in total. The van der Waals surface area contributed by atoms with E-state index in [4.69, 9.17) is 5.26 Å². The average Bonchev–Trinajstić information content (AvgIpc) is 2.86. The van der Waals surface area contributed by atoms with Gasteiger partial charge in [-0.1, -0.05) is 0 Å². The van der Waals surface area contributed by atoms with Crippen molar-refractivity contribution in [2.75, 3.05) is 11.4 Å². The normalized spacial score (nSPS) is 18.9. The molecular weight excluding hydrogens is 258 g/mol. The summed E-state index contributed by atoms with van der Waals surface area (Å²) in [6.45, 7) is 4.29. The van der Waals surface area contributed by atoms with Gasteiger partial charge in [0.15, 0.2) is 0 Å². The number of nitro benzene ring substituents is 1. The fraction of sp³-hybridized carbons (Fsp3) is 0.500. The highest BCUT2D eigenvalue weighted by atomic mass is 16.6. The monoisotopic (exact) mass is 275 g/mol. The first-order valence-electron chi connectivity index (χ1n) is 6.52. The molecule has 0 aromatic heterocycles. The minimum atomic E-state index is -0.856. The Hall–Kier alpha value is -2.13. The molecular formula is C14H17N3O3. The second kappa shape index (κ2) is 5.10. The summed E-state index contributed by atoms with van der Waals surface area (Å²) in [5.41, 5.74) is -0.244. The molecule has 1 saturated heterocycles. The van der Waals surface area contributed by atoms with Gasteiger partial charge in [0.25, 0.3) is 5.69 Å². The second-order valence-corrected chi connectivity index (χ2v) is 5.58. The fourth-order valence-electron chi connectivity index (χ4n) is 2.76. The van der Waals surface area contributed by atoms with Crippen molar-refractivity contribution in [3.8, 4) is 6.07 Å². The molecule has 2 rings (SSSR count). The van der Waals surface area contributed by atoms with E-state index in [1.165, 1.54) is 12.1 Å². The van der Waals surface area contributed by atoms with Crippen LogP contribution in [0.4, 0.5) is 11.4 Å². The van der Waals surface area contributed by atoms with Crippen LogP contribution in [-0.2, 0) is 0 Å². The maximum atomic E-state index is 10.8. The fourth-order valence-corrected chi connectivity index (χ4v) is 2.76. The number of nitrogens with zero attached hydrogens (tertiary/aromatic N) is 3. The number of nitriles is 1. The number of benzene rings is 1. The number of hydrogen-bond acceptors (Lipinski definition) is 5. The number of rotatable bonds is 3. The van der Waals surface area contributed by atoms with Gasteiger partial charge in [0, 0.05) is 18.3 Å². The molecule has 1 aliphatic heterocycles. The van der Waals surface area contributed by atoms with Crippen molar-refractivity contribution in [1.82, 2.24) is 0 Å². The molecule has 6 nitrogen and oxygen atoms in total. The topological polar surface area (TPSA) is 90.4 Å². The summed E-state index contributed by atoms with van der Waals surface area (Å²) in [6, 6.07) is 6.34. The predicted molar refractivity (Wildman–Crippen MR) is 74.5 cm³/mol. The van der Waals surface area contributed by atoms with Gasteiger partial charge in [-0.3, -0.25) is 10.1 Å². The van der Waals surface area contributed by atoms with Crippen LogP contribution in [0.15, 0.2) is 18.2 Å². The smallest absolute Gasteiger partial charge is 0.287 e. The lowest BCUT2D eigenvalue weighted by molar-refractivity contribution is -0.385. The van der Waals surface area contributed by atoms with Crippen LogP contribution < -0.4 is 4.90 Å². The Kier molecular flexibility index (Phi) is 3.64. The third-order valence-electron chi connectivity index (χ3n) is 3.70. The molecule has 1 aromatic rings. The van der Waals surface area contributed by atoms with Crippen LogP contribution in [0.1, 0.15) is 32.3 Å². The molecule has 1 fully saturated rings. The van der Waals surface area contributed by atoms with E-state index in [9.17, 15) is 15.2 Å². The first-order valence-corrected chi connectivity index (χ1v) is 6.52. The molecule has 0 bridgehead atoms. The molecule has 0 unspecified atom stereocenters. The number of aliphatic hydroxyl groups is 1. The SMILES string of the molecule is CC(C)(O)[C@H]1CCCN1c1ccc([N+](=O)[O-])c(C#N)c1. The molecule has 106 valence electrons. The predicted octanol–water partition coefficient (Wildman–Crippen LogP) is 2.21. The van der Waals surface area contributed by atoms with E-state index in [1.807, 2.05) is 11.0 Å².